The van der Waals surface area contributed by atoms with E-state index in [0.717, 1.165) is 24.3 Å². The molecule has 0 aliphatic rings. The van der Waals surface area contributed by atoms with Crippen LogP contribution < -0.4 is 9.47 Å². The van der Waals surface area contributed by atoms with Gasteiger partial charge in [0.15, 0.2) is 0 Å². The standard InChI is InChI=1S/C21H28O2/c1-6-21(5,7-2)23-20-14-10-18(11-15-20)17-8-12-19(13-9-17)22-16(3)4/h8-16H,6-7H2,1-5H3. The molecule has 0 aromatic heterocycles. The SMILES string of the molecule is CCC(C)(CC)Oc1ccc(-c2ccc(OC(C)C)cc2)cc1. The van der Waals surface area contributed by atoms with Gasteiger partial charge in [0.1, 0.15) is 17.1 Å². The minimum absolute atomic E-state index is 0.0860. The van der Waals surface area contributed by atoms with E-state index in [2.05, 4.69) is 57.2 Å². The molecule has 23 heavy (non-hydrogen) atoms. The maximum absolute atomic E-state index is 6.13. The van der Waals surface area contributed by atoms with E-state index in [1.54, 1.807) is 0 Å². The Morgan fingerprint density at radius 3 is 1.61 bits per heavy atom. The molecule has 0 spiro atoms. The van der Waals surface area contributed by atoms with Crippen LogP contribution in [0.4, 0.5) is 0 Å². The molecule has 0 aliphatic heterocycles. The van der Waals surface area contributed by atoms with Gasteiger partial charge < -0.3 is 9.47 Å². The molecule has 0 saturated heterocycles. The number of ether oxygens (including phenoxy) is 2. The van der Waals surface area contributed by atoms with Crippen molar-refractivity contribution in [2.45, 2.75) is 59.2 Å². The molecule has 0 fully saturated rings. The van der Waals surface area contributed by atoms with Gasteiger partial charge in [-0.05, 0) is 69.0 Å². The first-order chi connectivity index (χ1) is 11.0. The maximum Gasteiger partial charge on any atom is 0.120 e. The molecule has 2 heteroatoms. The fourth-order valence-corrected chi connectivity index (χ4v) is 2.39. The Hall–Kier alpha value is -1.96. The van der Waals surface area contributed by atoms with Crippen molar-refractivity contribution in [1.82, 2.24) is 0 Å². The zero-order valence-electron chi connectivity index (χ0n) is 14.9. The largest absolute Gasteiger partial charge is 0.491 e. The lowest BCUT2D eigenvalue weighted by Gasteiger charge is -2.28. The first kappa shape index (κ1) is 17.4. The van der Waals surface area contributed by atoms with E-state index in [0.29, 0.717) is 0 Å². The monoisotopic (exact) mass is 312 g/mol. The van der Waals surface area contributed by atoms with Gasteiger partial charge in [-0.2, -0.15) is 0 Å². The van der Waals surface area contributed by atoms with Crippen LogP contribution in [-0.2, 0) is 0 Å². The van der Waals surface area contributed by atoms with Crippen LogP contribution in [0.15, 0.2) is 48.5 Å². The van der Waals surface area contributed by atoms with E-state index >= 15 is 0 Å². The Kier molecular flexibility index (Phi) is 5.70. The molecule has 0 unspecified atom stereocenters. The molecule has 124 valence electrons. The summed E-state index contributed by atoms with van der Waals surface area (Å²) in [6.07, 6.45) is 2.20. The molecule has 0 saturated carbocycles. The van der Waals surface area contributed by atoms with Crippen molar-refractivity contribution in [2.75, 3.05) is 0 Å². The predicted octanol–water partition coefficient (Wildman–Crippen LogP) is 6.10. The summed E-state index contributed by atoms with van der Waals surface area (Å²) in [4.78, 5) is 0. The van der Waals surface area contributed by atoms with Crippen molar-refractivity contribution in [3.63, 3.8) is 0 Å². The van der Waals surface area contributed by atoms with Gasteiger partial charge in [-0.1, -0.05) is 38.1 Å². The van der Waals surface area contributed by atoms with Crippen molar-refractivity contribution >= 4 is 0 Å². The van der Waals surface area contributed by atoms with Crippen molar-refractivity contribution in [3.05, 3.63) is 48.5 Å². The molecule has 2 aromatic carbocycles. The van der Waals surface area contributed by atoms with Gasteiger partial charge in [0, 0.05) is 0 Å². The molecule has 0 aliphatic carbocycles. The lowest BCUT2D eigenvalue weighted by molar-refractivity contribution is 0.0803. The number of rotatable bonds is 7. The second-order valence-electron chi connectivity index (χ2n) is 6.47. The summed E-state index contributed by atoms with van der Waals surface area (Å²) in [5.74, 6) is 1.84. The van der Waals surface area contributed by atoms with Crippen LogP contribution in [0.1, 0.15) is 47.5 Å². The molecule has 2 rings (SSSR count). The summed E-state index contributed by atoms with van der Waals surface area (Å²) in [6.45, 7) is 10.6. The first-order valence-corrected chi connectivity index (χ1v) is 8.52. The number of benzene rings is 2. The molecule has 2 nitrogen and oxygen atoms in total. The van der Waals surface area contributed by atoms with E-state index in [9.17, 15) is 0 Å². The predicted molar refractivity (Wildman–Crippen MR) is 97.3 cm³/mol. The molecule has 0 heterocycles. The van der Waals surface area contributed by atoms with Crippen LogP contribution in [0.25, 0.3) is 11.1 Å². The highest BCUT2D eigenvalue weighted by molar-refractivity contribution is 5.64. The summed E-state index contributed by atoms with van der Waals surface area (Å²) in [7, 11) is 0. The fraction of sp³-hybridized carbons (Fsp3) is 0.429. The average molecular weight is 312 g/mol. The molecule has 0 radical (unpaired) electrons. The zero-order valence-corrected chi connectivity index (χ0v) is 14.9. The van der Waals surface area contributed by atoms with Crippen LogP contribution in [0.2, 0.25) is 0 Å². The van der Waals surface area contributed by atoms with Crippen molar-refractivity contribution in [2.24, 2.45) is 0 Å². The number of hydrogen-bond donors (Lipinski definition) is 0. The minimum Gasteiger partial charge on any atom is -0.491 e. The van der Waals surface area contributed by atoms with E-state index < -0.39 is 0 Å². The normalized spacial score (nSPS) is 11.6. The molecular formula is C21H28O2. The zero-order chi connectivity index (χ0) is 16.9. The molecule has 0 amide bonds. The molecule has 2 aromatic rings. The second kappa shape index (κ2) is 7.54. The van der Waals surface area contributed by atoms with Gasteiger partial charge in [-0.15, -0.1) is 0 Å². The Balaban J connectivity index is 2.10. The van der Waals surface area contributed by atoms with E-state index in [-0.39, 0.29) is 11.7 Å². The molecular weight excluding hydrogens is 284 g/mol. The van der Waals surface area contributed by atoms with E-state index in [1.165, 1.54) is 11.1 Å². The summed E-state index contributed by atoms with van der Waals surface area (Å²) >= 11 is 0. The van der Waals surface area contributed by atoms with Gasteiger partial charge in [0.05, 0.1) is 6.10 Å². The van der Waals surface area contributed by atoms with Crippen molar-refractivity contribution in [1.29, 1.82) is 0 Å². The Morgan fingerprint density at radius 2 is 1.22 bits per heavy atom. The average Bonchev–Trinajstić information content (AvgIpc) is 2.56. The molecule has 0 bridgehead atoms. The smallest absolute Gasteiger partial charge is 0.120 e. The fourth-order valence-electron chi connectivity index (χ4n) is 2.39. The Bertz CT molecular complexity index is 593. The van der Waals surface area contributed by atoms with Crippen LogP contribution in [-0.4, -0.2) is 11.7 Å². The third-order valence-corrected chi connectivity index (χ3v) is 4.27. The first-order valence-electron chi connectivity index (χ1n) is 8.52. The highest BCUT2D eigenvalue weighted by Crippen LogP contribution is 2.28. The van der Waals surface area contributed by atoms with Crippen LogP contribution in [0.3, 0.4) is 0 Å². The Morgan fingerprint density at radius 1 is 0.783 bits per heavy atom. The second-order valence-corrected chi connectivity index (χ2v) is 6.47. The van der Waals surface area contributed by atoms with Gasteiger partial charge in [0.2, 0.25) is 0 Å². The minimum atomic E-state index is -0.0860. The van der Waals surface area contributed by atoms with Gasteiger partial charge >= 0.3 is 0 Å². The van der Waals surface area contributed by atoms with Crippen LogP contribution in [0.5, 0.6) is 11.5 Å². The third kappa shape index (κ3) is 4.75. The quantitative estimate of drug-likeness (QED) is 0.615. The summed E-state index contributed by atoms with van der Waals surface area (Å²) < 4.78 is 11.8. The maximum atomic E-state index is 6.13. The topological polar surface area (TPSA) is 18.5 Å². The Labute approximate surface area is 140 Å². The van der Waals surface area contributed by atoms with E-state index in [1.807, 2.05) is 26.0 Å². The van der Waals surface area contributed by atoms with Crippen LogP contribution in [0, 0.1) is 0 Å². The van der Waals surface area contributed by atoms with Gasteiger partial charge in [-0.3, -0.25) is 0 Å². The highest BCUT2D eigenvalue weighted by atomic mass is 16.5. The molecule has 0 N–H and O–H groups in total. The van der Waals surface area contributed by atoms with Gasteiger partial charge in [0.25, 0.3) is 0 Å². The van der Waals surface area contributed by atoms with Crippen molar-refractivity contribution < 1.29 is 9.47 Å². The lowest BCUT2D eigenvalue weighted by atomic mass is 10.00. The van der Waals surface area contributed by atoms with Crippen molar-refractivity contribution in [3.8, 4) is 22.6 Å². The summed E-state index contributed by atoms with van der Waals surface area (Å²) in [5, 5.41) is 0. The lowest BCUT2D eigenvalue weighted by Crippen LogP contribution is -2.30. The molecule has 0 atom stereocenters. The number of hydrogen-bond acceptors (Lipinski definition) is 2. The highest BCUT2D eigenvalue weighted by Gasteiger charge is 2.21. The van der Waals surface area contributed by atoms with Gasteiger partial charge in [-0.25, -0.2) is 0 Å². The summed E-state index contributed by atoms with van der Waals surface area (Å²) in [6, 6.07) is 16.6. The van der Waals surface area contributed by atoms with E-state index in [4.69, 9.17) is 9.47 Å². The third-order valence-electron chi connectivity index (χ3n) is 4.27. The summed E-state index contributed by atoms with van der Waals surface area (Å²) in [5.41, 5.74) is 2.28. The van der Waals surface area contributed by atoms with Crippen LogP contribution >= 0.6 is 0 Å².